The number of hydrogen-bond acceptors (Lipinski definition) is 3. The summed E-state index contributed by atoms with van der Waals surface area (Å²) in [7, 11) is 0. The van der Waals surface area contributed by atoms with Crippen LogP contribution in [0.4, 0.5) is 0 Å². The average molecular weight is 243 g/mol. The Hall–Kier alpha value is -0.710. The van der Waals surface area contributed by atoms with Gasteiger partial charge in [-0.3, -0.25) is 4.79 Å². The number of hydrogen-bond donors (Lipinski definition) is 1. The molecule has 2 fully saturated rings. The molecule has 1 aliphatic carbocycles. The Labute approximate surface area is 99.4 Å². The van der Waals surface area contributed by atoms with Crippen LogP contribution < -0.4 is 0 Å². The lowest BCUT2D eigenvalue weighted by atomic mass is 9.97. The third kappa shape index (κ3) is 2.34. The normalized spacial score (nSPS) is 26.4. The van der Waals surface area contributed by atoms with E-state index in [0.29, 0.717) is 0 Å². The van der Waals surface area contributed by atoms with Gasteiger partial charge in [-0.1, -0.05) is 0 Å². The molecule has 2 unspecified atom stereocenters. The quantitative estimate of drug-likeness (QED) is 0.806. The number of nitrogens with zero attached hydrogens (tertiary/aromatic N) is 1. The second-order valence-electron chi connectivity index (χ2n) is 4.56. The van der Waals surface area contributed by atoms with Gasteiger partial charge in [-0.25, -0.2) is 4.79 Å². The van der Waals surface area contributed by atoms with Crippen molar-refractivity contribution in [2.45, 2.75) is 38.3 Å². The van der Waals surface area contributed by atoms with Crippen molar-refractivity contribution in [1.82, 2.24) is 4.90 Å². The molecule has 4 nitrogen and oxygen atoms in total. The van der Waals surface area contributed by atoms with Crippen LogP contribution in [0.3, 0.4) is 0 Å². The van der Waals surface area contributed by atoms with E-state index in [1.807, 2.05) is 0 Å². The van der Waals surface area contributed by atoms with Gasteiger partial charge in [-0.2, -0.15) is 11.8 Å². The summed E-state index contributed by atoms with van der Waals surface area (Å²) in [4.78, 5) is 24.6. The topological polar surface area (TPSA) is 57.6 Å². The number of carboxylic acids is 1. The van der Waals surface area contributed by atoms with Crippen molar-refractivity contribution in [3.8, 4) is 0 Å². The summed E-state index contributed by atoms with van der Waals surface area (Å²) in [5.41, 5.74) is 0. The van der Waals surface area contributed by atoms with Crippen LogP contribution in [0, 0.1) is 5.92 Å². The molecule has 0 aromatic carbocycles. The third-order valence-corrected chi connectivity index (χ3v) is 4.46. The molecule has 0 aromatic rings. The molecule has 2 rings (SSSR count). The number of carbonyl (C=O) groups excluding carboxylic acids is 1. The standard InChI is InChI=1S/C11H17NO3S/c1-7(13)12(9-2-3-9)10(11(14)15)8-4-5-16-6-8/h8-10H,2-6H2,1H3,(H,14,15). The van der Waals surface area contributed by atoms with Crippen LogP contribution in [0.15, 0.2) is 0 Å². The maximum Gasteiger partial charge on any atom is 0.326 e. The number of aliphatic carboxylic acids is 1. The van der Waals surface area contributed by atoms with Crippen LogP contribution in [0.5, 0.6) is 0 Å². The van der Waals surface area contributed by atoms with Crippen LogP contribution >= 0.6 is 11.8 Å². The minimum absolute atomic E-state index is 0.0909. The molecule has 16 heavy (non-hydrogen) atoms. The van der Waals surface area contributed by atoms with E-state index < -0.39 is 12.0 Å². The van der Waals surface area contributed by atoms with Gasteiger partial charge in [0.2, 0.25) is 5.91 Å². The van der Waals surface area contributed by atoms with Crippen LogP contribution in [0.1, 0.15) is 26.2 Å². The Morgan fingerprint density at radius 3 is 2.44 bits per heavy atom. The van der Waals surface area contributed by atoms with Crippen molar-refractivity contribution in [2.75, 3.05) is 11.5 Å². The fourth-order valence-corrected chi connectivity index (χ4v) is 3.67. The second kappa shape index (κ2) is 4.65. The summed E-state index contributed by atoms with van der Waals surface area (Å²) in [6.07, 6.45) is 2.84. The van der Waals surface area contributed by atoms with E-state index in [1.54, 1.807) is 16.7 Å². The molecule has 0 spiro atoms. The van der Waals surface area contributed by atoms with Crippen molar-refractivity contribution in [3.63, 3.8) is 0 Å². The van der Waals surface area contributed by atoms with Crippen LogP contribution in [0.25, 0.3) is 0 Å². The smallest absolute Gasteiger partial charge is 0.326 e. The molecule has 2 aliphatic rings. The van der Waals surface area contributed by atoms with Crippen LogP contribution in [0.2, 0.25) is 0 Å². The minimum Gasteiger partial charge on any atom is -0.480 e. The Kier molecular flexibility index (Phi) is 3.42. The lowest BCUT2D eigenvalue weighted by Gasteiger charge is -2.31. The van der Waals surface area contributed by atoms with E-state index in [4.69, 9.17) is 0 Å². The lowest BCUT2D eigenvalue weighted by Crippen LogP contribution is -2.49. The first kappa shape index (κ1) is 11.8. The number of amides is 1. The third-order valence-electron chi connectivity index (χ3n) is 3.27. The van der Waals surface area contributed by atoms with Gasteiger partial charge >= 0.3 is 5.97 Å². The number of carbonyl (C=O) groups is 2. The van der Waals surface area contributed by atoms with Crippen molar-refractivity contribution in [1.29, 1.82) is 0 Å². The summed E-state index contributed by atoms with van der Waals surface area (Å²) in [5, 5.41) is 9.33. The molecule has 1 saturated carbocycles. The van der Waals surface area contributed by atoms with Gasteiger partial charge in [0.25, 0.3) is 0 Å². The van der Waals surface area contributed by atoms with Crippen molar-refractivity contribution in [2.24, 2.45) is 5.92 Å². The monoisotopic (exact) mass is 243 g/mol. The van der Waals surface area contributed by atoms with Gasteiger partial charge in [0.1, 0.15) is 6.04 Å². The van der Waals surface area contributed by atoms with Gasteiger partial charge in [-0.15, -0.1) is 0 Å². The molecule has 0 aromatic heterocycles. The maximum atomic E-state index is 11.6. The lowest BCUT2D eigenvalue weighted by molar-refractivity contribution is -0.152. The highest BCUT2D eigenvalue weighted by atomic mass is 32.2. The molecule has 5 heteroatoms. The predicted octanol–water partition coefficient (Wildman–Crippen LogP) is 1.20. The summed E-state index contributed by atoms with van der Waals surface area (Å²) in [5.74, 6) is 1.09. The zero-order valence-electron chi connectivity index (χ0n) is 9.39. The van der Waals surface area contributed by atoms with Gasteiger partial charge in [-0.05, 0) is 36.7 Å². The SMILES string of the molecule is CC(=O)N(C1CC1)C(C(=O)O)C1CCSC1. The minimum atomic E-state index is -0.838. The predicted molar refractivity (Wildman–Crippen MR) is 62.4 cm³/mol. The molecule has 2 atom stereocenters. The molecular formula is C11H17NO3S. The molecule has 1 saturated heterocycles. The van der Waals surface area contributed by atoms with E-state index >= 15 is 0 Å². The Balaban J connectivity index is 2.15. The first-order valence-corrected chi connectivity index (χ1v) is 6.86. The fourth-order valence-electron chi connectivity index (χ4n) is 2.38. The molecule has 1 heterocycles. The Morgan fingerprint density at radius 2 is 2.06 bits per heavy atom. The van der Waals surface area contributed by atoms with Crippen molar-refractivity contribution >= 4 is 23.6 Å². The first-order valence-electron chi connectivity index (χ1n) is 5.70. The van der Waals surface area contributed by atoms with Crippen molar-refractivity contribution in [3.05, 3.63) is 0 Å². The van der Waals surface area contributed by atoms with Gasteiger partial charge < -0.3 is 10.0 Å². The van der Waals surface area contributed by atoms with Crippen LogP contribution in [-0.4, -0.2) is 45.5 Å². The first-order chi connectivity index (χ1) is 7.61. The average Bonchev–Trinajstić information content (AvgIpc) is 2.89. The fraction of sp³-hybridized carbons (Fsp3) is 0.818. The number of thioether (sulfide) groups is 1. The van der Waals surface area contributed by atoms with E-state index in [-0.39, 0.29) is 17.9 Å². The van der Waals surface area contributed by atoms with Gasteiger partial charge in [0.05, 0.1) is 0 Å². The second-order valence-corrected chi connectivity index (χ2v) is 5.71. The Morgan fingerprint density at radius 1 is 1.38 bits per heavy atom. The summed E-state index contributed by atoms with van der Waals surface area (Å²) >= 11 is 1.79. The van der Waals surface area contributed by atoms with Gasteiger partial charge in [0.15, 0.2) is 0 Å². The van der Waals surface area contributed by atoms with E-state index in [2.05, 4.69) is 0 Å². The Bertz CT molecular complexity index is 298. The van der Waals surface area contributed by atoms with E-state index in [0.717, 1.165) is 30.8 Å². The highest BCUT2D eigenvalue weighted by Gasteiger charge is 2.43. The highest BCUT2D eigenvalue weighted by molar-refractivity contribution is 7.99. The van der Waals surface area contributed by atoms with E-state index in [1.165, 1.54) is 6.92 Å². The molecule has 1 N–H and O–H groups in total. The number of carboxylic acid groups (broad SMARTS) is 1. The largest absolute Gasteiger partial charge is 0.480 e. The van der Waals surface area contributed by atoms with Crippen molar-refractivity contribution < 1.29 is 14.7 Å². The zero-order chi connectivity index (χ0) is 11.7. The summed E-state index contributed by atoms with van der Waals surface area (Å²) in [6, 6.07) is -0.413. The molecule has 0 bridgehead atoms. The number of rotatable bonds is 4. The zero-order valence-corrected chi connectivity index (χ0v) is 10.2. The molecule has 1 amide bonds. The summed E-state index contributed by atoms with van der Waals surface area (Å²) < 4.78 is 0. The molecule has 0 radical (unpaired) electrons. The molecular weight excluding hydrogens is 226 g/mol. The van der Waals surface area contributed by atoms with E-state index in [9.17, 15) is 14.7 Å². The maximum absolute atomic E-state index is 11.6. The van der Waals surface area contributed by atoms with Gasteiger partial charge in [0, 0.05) is 13.0 Å². The molecule has 90 valence electrons. The van der Waals surface area contributed by atoms with Crippen LogP contribution in [-0.2, 0) is 9.59 Å². The molecule has 1 aliphatic heterocycles. The highest BCUT2D eigenvalue weighted by Crippen LogP contribution is 2.35. The summed E-state index contributed by atoms with van der Waals surface area (Å²) in [6.45, 7) is 1.48.